The van der Waals surface area contributed by atoms with Gasteiger partial charge in [0.25, 0.3) is 0 Å². The van der Waals surface area contributed by atoms with Crippen LogP contribution >= 0.6 is 34.2 Å². The summed E-state index contributed by atoms with van der Waals surface area (Å²) in [5.41, 5.74) is -1.24. The van der Waals surface area contributed by atoms with Gasteiger partial charge in [0, 0.05) is 9.13 Å². The highest BCUT2D eigenvalue weighted by Crippen LogP contribution is 2.37. The molecule has 5 N–H and O–H groups in total. The number of nitrogens with two attached hydrogens (primary N) is 1. The lowest BCUT2D eigenvalue weighted by atomic mass is 10.1. The highest BCUT2D eigenvalue weighted by atomic mass is 127. The van der Waals surface area contributed by atoms with Crippen LogP contribution < -0.4 is 16.1 Å². The van der Waals surface area contributed by atoms with Crippen LogP contribution in [0.2, 0.25) is 5.02 Å². The monoisotopic (exact) mass is 527 g/mol. The first-order valence-corrected chi connectivity index (χ1v) is 10.00. The molecule has 0 amide bonds. The van der Waals surface area contributed by atoms with E-state index in [-0.39, 0.29) is 22.1 Å². The lowest BCUT2D eigenvalue weighted by Gasteiger charge is -2.15. The zero-order valence-electron chi connectivity index (χ0n) is 13.0. The van der Waals surface area contributed by atoms with Crippen LogP contribution in [0.15, 0.2) is 34.0 Å². The number of aromatic amines is 2. The van der Waals surface area contributed by atoms with Crippen molar-refractivity contribution >= 4 is 55.6 Å². The van der Waals surface area contributed by atoms with Gasteiger partial charge in [-0.1, -0.05) is 11.6 Å². The Kier molecular flexibility index (Phi) is 5.24. The van der Waals surface area contributed by atoms with E-state index < -0.39 is 37.9 Å². The van der Waals surface area contributed by atoms with Gasteiger partial charge in [0.05, 0.1) is 16.4 Å². The standard InChI is InChI=1S/C14H9ClF2IN5O3S/c15-7-3-5(18)1-2-8(7)20-12-6(13-21-14(24)23-22-13)4-9(27(19,25)26)10(16)11(12)17/h1-4,20H,(H2,19,25,26)(H2,21,22,23,24). The first kappa shape index (κ1) is 19.7. The Hall–Kier alpha value is -2.03. The maximum atomic E-state index is 14.7. The summed E-state index contributed by atoms with van der Waals surface area (Å²) in [5.74, 6) is -3.44. The van der Waals surface area contributed by atoms with E-state index in [1.165, 1.54) is 6.07 Å². The molecule has 0 saturated carbocycles. The Morgan fingerprint density at radius 1 is 1.22 bits per heavy atom. The van der Waals surface area contributed by atoms with Crippen LogP contribution in [-0.2, 0) is 10.0 Å². The summed E-state index contributed by atoms with van der Waals surface area (Å²) < 4.78 is 53.0. The maximum absolute atomic E-state index is 14.7. The molecule has 0 fully saturated rings. The fraction of sp³-hybridized carbons (Fsp3) is 0. The van der Waals surface area contributed by atoms with Gasteiger partial charge in [-0.05, 0) is 46.9 Å². The van der Waals surface area contributed by atoms with Crippen molar-refractivity contribution in [1.29, 1.82) is 0 Å². The SMILES string of the molecule is NS(=O)(=O)c1cc(-c2n[nH]c(=O)[nH]2)c(Nc2ccc(I)cc2Cl)c(F)c1F. The van der Waals surface area contributed by atoms with Gasteiger partial charge in [0.15, 0.2) is 17.5 Å². The van der Waals surface area contributed by atoms with Crippen LogP contribution in [0.25, 0.3) is 11.4 Å². The second-order valence-corrected chi connectivity index (χ2v) is 8.43. The van der Waals surface area contributed by atoms with Crippen molar-refractivity contribution < 1.29 is 17.2 Å². The fourth-order valence-corrected chi connectivity index (χ4v) is 3.77. The first-order chi connectivity index (χ1) is 12.6. The summed E-state index contributed by atoms with van der Waals surface area (Å²) in [4.78, 5) is 12.5. The van der Waals surface area contributed by atoms with Gasteiger partial charge in [0.1, 0.15) is 4.90 Å². The lowest BCUT2D eigenvalue weighted by Crippen LogP contribution is -2.16. The quantitative estimate of drug-likeness (QED) is 0.387. The molecule has 0 bridgehead atoms. The number of H-pyrrole nitrogens is 2. The van der Waals surface area contributed by atoms with Gasteiger partial charge < -0.3 is 5.32 Å². The number of rotatable bonds is 4. The molecule has 1 heterocycles. The van der Waals surface area contributed by atoms with E-state index in [1.54, 1.807) is 12.1 Å². The summed E-state index contributed by atoms with van der Waals surface area (Å²) in [6.45, 7) is 0. The molecule has 13 heteroatoms. The van der Waals surface area contributed by atoms with E-state index in [0.717, 1.165) is 9.64 Å². The fourth-order valence-electron chi connectivity index (χ4n) is 2.24. The minimum atomic E-state index is -4.58. The Bertz CT molecular complexity index is 1210. The summed E-state index contributed by atoms with van der Waals surface area (Å²) in [6, 6.07) is 5.53. The molecule has 3 aromatic rings. The van der Waals surface area contributed by atoms with E-state index >= 15 is 0 Å². The van der Waals surface area contributed by atoms with E-state index in [9.17, 15) is 22.0 Å². The summed E-state index contributed by atoms with van der Waals surface area (Å²) >= 11 is 8.12. The zero-order valence-corrected chi connectivity index (χ0v) is 16.7. The molecule has 8 nitrogen and oxygen atoms in total. The molecule has 2 aromatic carbocycles. The zero-order chi connectivity index (χ0) is 19.9. The first-order valence-electron chi connectivity index (χ1n) is 7.00. The summed E-state index contributed by atoms with van der Waals surface area (Å²) in [5, 5.41) is 13.4. The van der Waals surface area contributed by atoms with Crippen molar-refractivity contribution in [1.82, 2.24) is 15.2 Å². The third-order valence-corrected chi connectivity index (χ3v) is 5.32. The molecule has 3 rings (SSSR count). The van der Waals surface area contributed by atoms with E-state index in [4.69, 9.17) is 16.7 Å². The van der Waals surface area contributed by atoms with Gasteiger partial charge in [-0.25, -0.2) is 32.2 Å². The Balaban J connectivity index is 2.28. The topological polar surface area (TPSA) is 134 Å². The van der Waals surface area contributed by atoms with E-state index in [2.05, 4.69) is 20.5 Å². The number of primary sulfonamides is 1. The van der Waals surface area contributed by atoms with Crippen LogP contribution in [0.1, 0.15) is 0 Å². The molecule has 0 atom stereocenters. The largest absolute Gasteiger partial charge is 0.351 e. The Labute approximate surface area is 169 Å². The van der Waals surface area contributed by atoms with Gasteiger partial charge in [-0.15, -0.1) is 0 Å². The number of halogens is 4. The molecule has 27 heavy (non-hydrogen) atoms. The maximum Gasteiger partial charge on any atom is 0.340 e. The molecule has 0 spiro atoms. The number of aromatic nitrogens is 3. The predicted octanol–water partition coefficient (Wildman–Crippen LogP) is 2.69. The molecular weight excluding hydrogens is 519 g/mol. The number of hydrogen-bond acceptors (Lipinski definition) is 5. The molecule has 0 radical (unpaired) electrons. The van der Waals surface area contributed by atoms with Crippen LogP contribution in [0, 0.1) is 15.2 Å². The minimum Gasteiger partial charge on any atom is -0.351 e. The Morgan fingerprint density at radius 2 is 1.93 bits per heavy atom. The van der Waals surface area contributed by atoms with Gasteiger partial charge >= 0.3 is 5.69 Å². The number of sulfonamides is 1. The van der Waals surface area contributed by atoms with Crippen molar-refractivity contribution in [2.24, 2.45) is 5.14 Å². The van der Waals surface area contributed by atoms with Crippen LogP contribution in [-0.4, -0.2) is 23.6 Å². The van der Waals surface area contributed by atoms with Crippen molar-refractivity contribution in [3.05, 3.63) is 55.0 Å². The normalized spacial score (nSPS) is 11.6. The summed E-state index contributed by atoms with van der Waals surface area (Å²) in [6.07, 6.45) is 0. The van der Waals surface area contributed by atoms with Gasteiger partial charge in [-0.2, -0.15) is 5.10 Å². The van der Waals surface area contributed by atoms with Crippen molar-refractivity contribution in [3.63, 3.8) is 0 Å². The van der Waals surface area contributed by atoms with Gasteiger partial charge in [0.2, 0.25) is 10.0 Å². The minimum absolute atomic E-state index is 0.207. The highest BCUT2D eigenvalue weighted by Gasteiger charge is 2.26. The molecule has 0 unspecified atom stereocenters. The lowest BCUT2D eigenvalue weighted by molar-refractivity contribution is 0.488. The van der Waals surface area contributed by atoms with E-state index in [0.29, 0.717) is 0 Å². The third kappa shape index (κ3) is 3.97. The second kappa shape index (κ2) is 7.18. The number of hydrogen-bond donors (Lipinski definition) is 4. The van der Waals surface area contributed by atoms with Gasteiger partial charge in [-0.3, -0.25) is 4.98 Å². The van der Waals surface area contributed by atoms with E-state index in [1.807, 2.05) is 22.6 Å². The second-order valence-electron chi connectivity index (χ2n) is 5.25. The molecule has 0 aliphatic rings. The summed E-state index contributed by atoms with van der Waals surface area (Å²) in [7, 11) is -4.58. The van der Waals surface area contributed by atoms with Crippen LogP contribution in [0.3, 0.4) is 0 Å². The number of anilines is 2. The van der Waals surface area contributed by atoms with Crippen molar-refractivity contribution in [3.8, 4) is 11.4 Å². The third-order valence-electron chi connectivity index (χ3n) is 3.43. The molecule has 142 valence electrons. The molecule has 0 aliphatic heterocycles. The molecule has 0 saturated heterocycles. The molecule has 0 aliphatic carbocycles. The predicted molar refractivity (Wildman–Crippen MR) is 103 cm³/mol. The highest BCUT2D eigenvalue weighted by molar-refractivity contribution is 14.1. The average Bonchev–Trinajstić information content (AvgIpc) is 2.99. The number of benzene rings is 2. The van der Waals surface area contributed by atoms with Crippen molar-refractivity contribution in [2.75, 3.05) is 5.32 Å². The number of nitrogens with one attached hydrogen (secondary N) is 3. The molecular formula is C14H9ClF2IN5O3S. The number of nitrogens with zero attached hydrogens (tertiary/aromatic N) is 1. The smallest absolute Gasteiger partial charge is 0.340 e. The van der Waals surface area contributed by atoms with Crippen LogP contribution in [0.4, 0.5) is 20.2 Å². The van der Waals surface area contributed by atoms with Crippen LogP contribution in [0.5, 0.6) is 0 Å². The molecule has 1 aromatic heterocycles. The Morgan fingerprint density at radius 3 is 2.48 bits per heavy atom. The average molecular weight is 528 g/mol. The van der Waals surface area contributed by atoms with Crippen molar-refractivity contribution in [2.45, 2.75) is 4.90 Å².